The number of anilines is 1. The van der Waals surface area contributed by atoms with Gasteiger partial charge in [-0.3, -0.25) is 4.79 Å². The van der Waals surface area contributed by atoms with Crippen LogP contribution in [-0.2, 0) is 4.79 Å². The summed E-state index contributed by atoms with van der Waals surface area (Å²) in [5.74, 6) is -1.23. The Balaban J connectivity index is 2.17. The molecule has 102 valence electrons. The number of nitrogens with one attached hydrogen (secondary N) is 2. The van der Waals surface area contributed by atoms with E-state index < -0.39 is 11.4 Å². The van der Waals surface area contributed by atoms with Crippen LogP contribution in [0.1, 0.15) is 23.7 Å². The Hall–Kier alpha value is -1.59. The molecule has 1 aromatic carbocycles. The van der Waals surface area contributed by atoms with Crippen molar-refractivity contribution >= 4 is 29.2 Å². The molecule has 0 aliphatic carbocycles. The highest BCUT2D eigenvalue weighted by Gasteiger charge is 2.36. The molecule has 1 amide bonds. The molecule has 3 N–H and O–H groups in total. The zero-order valence-electron chi connectivity index (χ0n) is 10.5. The molecule has 1 atom stereocenters. The lowest BCUT2D eigenvalue weighted by molar-refractivity contribution is -0.123. The van der Waals surface area contributed by atoms with Crippen molar-refractivity contribution in [2.45, 2.75) is 13.3 Å². The first-order valence-electron chi connectivity index (χ1n) is 5.97. The molecule has 1 aliphatic heterocycles. The van der Waals surface area contributed by atoms with Crippen molar-refractivity contribution in [3.63, 3.8) is 0 Å². The minimum atomic E-state index is -1.12. The molecule has 1 saturated heterocycles. The van der Waals surface area contributed by atoms with Gasteiger partial charge in [0, 0.05) is 12.2 Å². The highest BCUT2D eigenvalue weighted by atomic mass is 35.5. The number of hydrogen-bond acceptors (Lipinski definition) is 3. The van der Waals surface area contributed by atoms with Gasteiger partial charge < -0.3 is 15.7 Å². The van der Waals surface area contributed by atoms with Gasteiger partial charge in [-0.05, 0) is 38.1 Å². The molecular weight excluding hydrogens is 268 g/mol. The van der Waals surface area contributed by atoms with E-state index in [4.69, 9.17) is 16.7 Å². The summed E-state index contributed by atoms with van der Waals surface area (Å²) in [5, 5.41) is 15.0. The quantitative estimate of drug-likeness (QED) is 0.792. The van der Waals surface area contributed by atoms with Gasteiger partial charge in [-0.15, -0.1) is 0 Å². The number of aromatic carboxylic acids is 1. The summed E-state index contributed by atoms with van der Waals surface area (Å²) in [4.78, 5) is 23.1. The first-order valence-corrected chi connectivity index (χ1v) is 6.35. The molecule has 0 bridgehead atoms. The molecule has 1 aliphatic rings. The third-order valence-corrected chi connectivity index (χ3v) is 3.70. The van der Waals surface area contributed by atoms with Crippen molar-refractivity contribution in [2.75, 3.05) is 18.4 Å². The summed E-state index contributed by atoms with van der Waals surface area (Å²) >= 11 is 5.78. The molecular formula is C13H15ClN2O3. The lowest BCUT2D eigenvalue weighted by Gasteiger charge is -2.21. The van der Waals surface area contributed by atoms with Crippen LogP contribution >= 0.6 is 11.6 Å². The Morgan fingerprint density at radius 3 is 2.79 bits per heavy atom. The van der Waals surface area contributed by atoms with Gasteiger partial charge in [-0.25, -0.2) is 4.79 Å². The molecule has 5 nitrogen and oxygen atoms in total. The minimum Gasteiger partial charge on any atom is -0.478 e. The van der Waals surface area contributed by atoms with Gasteiger partial charge in [-0.1, -0.05) is 11.6 Å². The van der Waals surface area contributed by atoms with Crippen molar-refractivity contribution in [1.82, 2.24) is 5.32 Å². The first kappa shape index (κ1) is 13.8. The monoisotopic (exact) mass is 282 g/mol. The fraction of sp³-hybridized carbons (Fsp3) is 0.385. The van der Waals surface area contributed by atoms with E-state index in [9.17, 15) is 9.59 Å². The second-order valence-corrected chi connectivity index (χ2v) is 5.35. The standard InChI is InChI=1S/C13H15ClN2O3/c1-13(4-5-15-7-13)12(19)16-8-2-3-10(14)9(6-8)11(17)18/h2-3,6,15H,4-5,7H2,1H3,(H,16,19)(H,17,18). The fourth-order valence-electron chi connectivity index (χ4n) is 2.06. The minimum absolute atomic E-state index is 0.0193. The Kier molecular flexibility index (Phi) is 3.78. The zero-order valence-corrected chi connectivity index (χ0v) is 11.3. The lowest BCUT2D eigenvalue weighted by Crippen LogP contribution is -2.35. The largest absolute Gasteiger partial charge is 0.478 e. The van der Waals surface area contributed by atoms with Crippen molar-refractivity contribution in [3.05, 3.63) is 28.8 Å². The zero-order chi connectivity index (χ0) is 14.0. The smallest absolute Gasteiger partial charge is 0.337 e. The maximum atomic E-state index is 12.2. The molecule has 0 aromatic heterocycles. The first-order chi connectivity index (χ1) is 8.92. The van der Waals surface area contributed by atoms with Crippen LogP contribution in [0.25, 0.3) is 0 Å². The Morgan fingerprint density at radius 2 is 2.21 bits per heavy atom. The van der Waals surface area contributed by atoms with E-state index in [1.165, 1.54) is 12.1 Å². The van der Waals surface area contributed by atoms with E-state index in [-0.39, 0.29) is 16.5 Å². The normalized spacial score (nSPS) is 22.2. The van der Waals surface area contributed by atoms with Crippen molar-refractivity contribution < 1.29 is 14.7 Å². The summed E-state index contributed by atoms with van der Waals surface area (Å²) in [5.41, 5.74) is -0.0302. The van der Waals surface area contributed by atoms with Crippen LogP contribution in [0, 0.1) is 5.41 Å². The van der Waals surface area contributed by atoms with E-state index in [0.29, 0.717) is 12.2 Å². The number of rotatable bonds is 3. The van der Waals surface area contributed by atoms with E-state index in [1.54, 1.807) is 6.07 Å². The van der Waals surface area contributed by atoms with Crippen molar-refractivity contribution in [1.29, 1.82) is 0 Å². The van der Waals surface area contributed by atoms with Crippen LogP contribution in [0.3, 0.4) is 0 Å². The van der Waals surface area contributed by atoms with E-state index in [2.05, 4.69) is 10.6 Å². The van der Waals surface area contributed by atoms with Crippen LogP contribution < -0.4 is 10.6 Å². The molecule has 0 spiro atoms. The number of carbonyl (C=O) groups is 2. The number of carbonyl (C=O) groups excluding carboxylic acids is 1. The summed E-state index contributed by atoms with van der Waals surface area (Å²) in [6, 6.07) is 4.43. The van der Waals surface area contributed by atoms with Gasteiger partial charge in [0.05, 0.1) is 16.0 Å². The molecule has 2 rings (SSSR count). The van der Waals surface area contributed by atoms with Gasteiger partial charge >= 0.3 is 5.97 Å². The number of halogens is 1. The van der Waals surface area contributed by atoms with Gasteiger partial charge in [-0.2, -0.15) is 0 Å². The topological polar surface area (TPSA) is 78.4 Å². The molecule has 1 fully saturated rings. The second kappa shape index (κ2) is 5.19. The van der Waals surface area contributed by atoms with Crippen LogP contribution in [0.2, 0.25) is 5.02 Å². The maximum absolute atomic E-state index is 12.2. The van der Waals surface area contributed by atoms with Gasteiger partial charge in [0.15, 0.2) is 0 Å². The van der Waals surface area contributed by atoms with Gasteiger partial charge in [0.2, 0.25) is 5.91 Å². The van der Waals surface area contributed by atoms with Crippen LogP contribution in [0.5, 0.6) is 0 Å². The third kappa shape index (κ3) is 2.88. The predicted octanol–water partition coefficient (Wildman–Crippen LogP) is 1.98. The van der Waals surface area contributed by atoms with Crippen LogP contribution in [0.15, 0.2) is 18.2 Å². The molecule has 6 heteroatoms. The van der Waals surface area contributed by atoms with Gasteiger partial charge in [0.1, 0.15) is 0 Å². The number of amides is 1. The molecule has 1 heterocycles. The Morgan fingerprint density at radius 1 is 1.47 bits per heavy atom. The number of carboxylic acid groups (broad SMARTS) is 1. The fourth-order valence-corrected chi connectivity index (χ4v) is 2.26. The number of benzene rings is 1. The third-order valence-electron chi connectivity index (χ3n) is 3.37. The second-order valence-electron chi connectivity index (χ2n) is 4.94. The SMILES string of the molecule is CC1(C(=O)Nc2ccc(Cl)c(C(=O)O)c2)CCNC1. The summed E-state index contributed by atoms with van der Waals surface area (Å²) in [6.45, 7) is 3.32. The Labute approximate surface area is 116 Å². The average Bonchev–Trinajstić information content (AvgIpc) is 2.79. The highest BCUT2D eigenvalue weighted by Crippen LogP contribution is 2.27. The van der Waals surface area contributed by atoms with E-state index in [0.717, 1.165) is 13.0 Å². The molecule has 1 unspecified atom stereocenters. The number of carboxylic acids is 1. The molecule has 19 heavy (non-hydrogen) atoms. The van der Waals surface area contributed by atoms with E-state index >= 15 is 0 Å². The lowest BCUT2D eigenvalue weighted by atomic mass is 9.88. The molecule has 1 aromatic rings. The summed E-state index contributed by atoms with van der Waals surface area (Å²) in [6.07, 6.45) is 0.762. The molecule has 0 radical (unpaired) electrons. The number of hydrogen-bond donors (Lipinski definition) is 3. The van der Waals surface area contributed by atoms with E-state index in [1.807, 2.05) is 6.92 Å². The van der Waals surface area contributed by atoms with Crippen LogP contribution in [-0.4, -0.2) is 30.1 Å². The maximum Gasteiger partial charge on any atom is 0.337 e. The van der Waals surface area contributed by atoms with Crippen molar-refractivity contribution in [3.8, 4) is 0 Å². The Bertz CT molecular complexity index is 525. The molecule has 0 saturated carbocycles. The predicted molar refractivity (Wildman–Crippen MR) is 72.6 cm³/mol. The summed E-state index contributed by atoms with van der Waals surface area (Å²) < 4.78 is 0. The van der Waals surface area contributed by atoms with Gasteiger partial charge in [0.25, 0.3) is 0 Å². The summed E-state index contributed by atoms with van der Waals surface area (Å²) in [7, 11) is 0. The average molecular weight is 283 g/mol. The highest BCUT2D eigenvalue weighted by molar-refractivity contribution is 6.33. The van der Waals surface area contributed by atoms with Crippen LogP contribution in [0.4, 0.5) is 5.69 Å². The van der Waals surface area contributed by atoms with Crippen molar-refractivity contribution in [2.24, 2.45) is 5.41 Å².